The second-order valence-electron chi connectivity index (χ2n) is 4.17. The molecular formula is C11H17N3O2. The Morgan fingerprint density at radius 2 is 2.56 bits per heavy atom. The van der Waals surface area contributed by atoms with E-state index in [0.29, 0.717) is 6.54 Å². The highest BCUT2D eigenvalue weighted by atomic mass is 16.4. The minimum atomic E-state index is -0.721. The minimum absolute atomic E-state index is 0.0963. The van der Waals surface area contributed by atoms with Gasteiger partial charge in [-0.15, -0.1) is 0 Å². The van der Waals surface area contributed by atoms with Crippen molar-refractivity contribution in [2.45, 2.75) is 25.8 Å². The lowest BCUT2D eigenvalue weighted by molar-refractivity contribution is -0.142. The molecule has 1 aromatic rings. The van der Waals surface area contributed by atoms with Crippen LogP contribution in [0.15, 0.2) is 12.4 Å². The molecule has 2 unspecified atom stereocenters. The molecule has 1 aliphatic rings. The fraction of sp³-hybridized carbons (Fsp3) is 0.636. The van der Waals surface area contributed by atoms with Crippen LogP contribution in [-0.4, -0.2) is 33.9 Å². The zero-order valence-electron chi connectivity index (χ0n) is 9.39. The topological polar surface area (TPSA) is 67.2 Å². The number of carbonyl (C=O) groups is 1. The quantitative estimate of drug-likeness (QED) is 0.790. The van der Waals surface area contributed by atoms with Crippen molar-refractivity contribution >= 4 is 5.97 Å². The molecule has 1 saturated heterocycles. The third-order valence-electron chi connectivity index (χ3n) is 3.20. The maximum atomic E-state index is 11.1. The van der Waals surface area contributed by atoms with E-state index in [4.69, 9.17) is 5.11 Å². The van der Waals surface area contributed by atoms with Gasteiger partial charge in [-0.1, -0.05) is 0 Å². The molecule has 0 aromatic carbocycles. The highest BCUT2D eigenvalue weighted by Gasteiger charge is 2.32. The Morgan fingerprint density at radius 3 is 3.19 bits per heavy atom. The van der Waals surface area contributed by atoms with Crippen LogP contribution in [-0.2, 0) is 11.3 Å². The fourth-order valence-corrected chi connectivity index (χ4v) is 2.26. The maximum Gasteiger partial charge on any atom is 0.308 e. The largest absolute Gasteiger partial charge is 0.481 e. The van der Waals surface area contributed by atoms with Gasteiger partial charge in [0.15, 0.2) is 0 Å². The van der Waals surface area contributed by atoms with Gasteiger partial charge >= 0.3 is 5.97 Å². The highest BCUT2D eigenvalue weighted by Crippen LogP contribution is 2.30. The Labute approximate surface area is 94.5 Å². The van der Waals surface area contributed by atoms with Crippen molar-refractivity contribution in [3.8, 4) is 0 Å². The molecule has 0 radical (unpaired) electrons. The van der Waals surface area contributed by atoms with E-state index in [0.717, 1.165) is 25.1 Å². The highest BCUT2D eigenvalue weighted by molar-refractivity contribution is 5.71. The first kappa shape index (κ1) is 11.1. The standard InChI is InChI=1S/C11H17N3O2/c1-2-14-7-8(5-13-14)9-3-4-12-6-10(9)11(15)16/h5,7,9-10,12H,2-4,6H2,1H3,(H,15,16). The van der Waals surface area contributed by atoms with Gasteiger partial charge in [0.2, 0.25) is 0 Å². The second-order valence-corrected chi connectivity index (χ2v) is 4.17. The molecule has 2 heterocycles. The lowest BCUT2D eigenvalue weighted by atomic mass is 9.82. The normalized spacial score (nSPS) is 25.6. The summed E-state index contributed by atoms with van der Waals surface area (Å²) in [7, 11) is 0. The molecule has 0 saturated carbocycles. The Bertz CT molecular complexity index is 375. The number of nitrogens with zero attached hydrogens (tertiary/aromatic N) is 2. The van der Waals surface area contributed by atoms with E-state index in [1.165, 1.54) is 0 Å². The molecule has 1 fully saturated rings. The van der Waals surface area contributed by atoms with E-state index in [1.807, 2.05) is 17.8 Å². The van der Waals surface area contributed by atoms with Gasteiger partial charge in [-0.05, 0) is 25.5 Å². The average Bonchev–Trinajstić information content (AvgIpc) is 2.77. The summed E-state index contributed by atoms with van der Waals surface area (Å²) in [5.74, 6) is -0.955. The average molecular weight is 223 g/mol. The summed E-state index contributed by atoms with van der Waals surface area (Å²) in [6.45, 7) is 4.28. The molecule has 16 heavy (non-hydrogen) atoms. The second kappa shape index (κ2) is 4.65. The van der Waals surface area contributed by atoms with Crippen molar-refractivity contribution in [3.05, 3.63) is 18.0 Å². The lowest BCUT2D eigenvalue weighted by Gasteiger charge is -2.28. The van der Waals surface area contributed by atoms with E-state index < -0.39 is 5.97 Å². The van der Waals surface area contributed by atoms with Crippen molar-refractivity contribution in [1.82, 2.24) is 15.1 Å². The predicted molar refractivity (Wildman–Crippen MR) is 59.3 cm³/mol. The van der Waals surface area contributed by atoms with Crippen LogP contribution in [0.1, 0.15) is 24.8 Å². The summed E-state index contributed by atoms with van der Waals surface area (Å²) in [4.78, 5) is 11.1. The first-order chi connectivity index (χ1) is 7.72. The molecule has 2 atom stereocenters. The molecule has 5 nitrogen and oxygen atoms in total. The van der Waals surface area contributed by atoms with Gasteiger partial charge in [0, 0.05) is 25.2 Å². The molecule has 1 aromatic heterocycles. The van der Waals surface area contributed by atoms with Crippen LogP contribution >= 0.6 is 0 Å². The molecule has 2 N–H and O–H groups in total. The van der Waals surface area contributed by atoms with Crippen LogP contribution in [0.5, 0.6) is 0 Å². The first-order valence-corrected chi connectivity index (χ1v) is 5.68. The van der Waals surface area contributed by atoms with Crippen LogP contribution in [0.3, 0.4) is 0 Å². The number of piperidine rings is 1. The Kier molecular flexibility index (Phi) is 3.24. The smallest absolute Gasteiger partial charge is 0.308 e. The molecule has 0 aliphatic carbocycles. The van der Waals surface area contributed by atoms with E-state index in [-0.39, 0.29) is 11.8 Å². The number of carboxylic acids is 1. The molecule has 0 spiro atoms. The number of aromatic nitrogens is 2. The Hall–Kier alpha value is -1.36. The van der Waals surface area contributed by atoms with Crippen molar-refractivity contribution in [2.24, 2.45) is 5.92 Å². The summed E-state index contributed by atoms with van der Waals surface area (Å²) in [5.41, 5.74) is 1.05. The Morgan fingerprint density at radius 1 is 1.75 bits per heavy atom. The number of aryl methyl sites for hydroxylation is 1. The van der Waals surface area contributed by atoms with Gasteiger partial charge in [-0.25, -0.2) is 0 Å². The summed E-state index contributed by atoms with van der Waals surface area (Å²) in [6.07, 6.45) is 4.63. The summed E-state index contributed by atoms with van der Waals surface area (Å²) >= 11 is 0. The van der Waals surface area contributed by atoms with E-state index in [2.05, 4.69) is 10.4 Å². The van der Waals surface area contributed by atoms with E-state index >= 15 is 0 Å². The van der Waals surface area contributed by atoms with Gasteiger partial charge in [0.25, 0.3) is 0 Å². The van der Waals surface area contributed by atoms with E-state index in [9.17, 15) is 4.79 Å². The zero-order valence-corrected chi connectivity index (χ0v) is 9.39. The van der Waals surface area contributed by atoms with Gasteiger partial charge in [-0.3, -0.25) is 9.48 Å². The Balaban J connectivity index is 2.19. The molecular weight excluding hydrogens is 206 g/mol. The van der Waals surface area contributed by atoms with Gasteiger partial charge in [0.05, 0.1) is 12.1 Å². The number of hydrogen-bond donors (Lipinski definition) is 2. The third-order valence-corrected chi connectivity index (χ3v) is 3.20. The van der Waals surface area contributed by atoms with Crippen molar-refractivity contribution in [1.29, 1.82) is 0 Å². The summed E-state index contributed by atoms with van der Waals surface area (Å²) < 4.78 is 1.84. The number of aliphatic carboxylic acids is 1. The summed E-state index contributed by atoms with van der Waals surface area (Å²) in [5, 5.41) is 16.5. The van der Waals surface area contributed by atoms with Crippen molar-refractivity contribution in [3.63, 3.8) is 0 Å². The van der Waals surface area contributed by atoms with Gasteiger partial charge in [-0.2, -0.15) is 5.10 Å². The van der Waals surface area contributed by atoms with Gasteiger partial charge in [0.1, 0.15) is 0 Å². The lowest BCUT2D eigenvalue weighted by Crippen LogP contribution is -2.39. The van der Waals surface area contributed by atoms with Crippen molar-refractivity contribution < 1.29 is 9.90 Å². The monoisotopic (exact) mass is 223 g/mol. The summed E-state index contributed by atoms with van der Waals surface area (Å²) in [6, 6.07) is 0. The molecule has 1 aliphatic heterocycles. The van der Waals surface area contributed by atoms with Gasteiger partial charge < -0.3 is 10.4 Å². The molecule has 2 rings (SSSR count). The predicted octanol–water partition coefficient (Wildman–Crippen LogP) is 0.681. The first-order valence-electron chi connectivity index (χ1n) is 5.68. The molecule has 5 heteroatoms. The molecule has 0 amide bonds. The fourth-order valence-electron chi connectivity index (χ4n) is 2.26. The molecule has 0 bridgehead atoms. The van der Waals surface area contributed by atoms with Crippen molar-refractivity contribution in [2.75, 3.05) is 13.1 Å². The number of carboxylic acid groups (broad SMARTS) is 1. The van der Waals surface area contributed by atoms with Crippen LogP contribution < -0.4 is 5.32 Å². The minimum Gasteiger partial charge on any atom is -0.481 e. The van der Waals surface area contributed by atoms with Crippen LogP contribution in [0, 0.1) is 5.92 Å². The SMILES string of the molecule is CCn1cc(C2CCNCC2C(=O)O)cn1. The number of rotatable bonds is 3. The van der Waals surface area contributed by atoms with Crippen LogP contribution in [0.2, 0.25) is 0 Å². The zero-order chi connectivity index (χ0) is 11.5. The molecule has 88 valence electrons. The van der Waals surface area contributed by atoms with Crippen LogP contribution in [0.25, 0.3) is 0 Å². The van der Waals surface area contributed by atoms with Crippen LogP contribution in [0.4, 0.5) is 0 Å². The maximum absolute atomic E-state index is 11.1. The number of nitrogens with one attached hydrogen (secondary N) is 1. The van der Waals surface area contributed by atoms with E-state index in [1.54, 1.807) is 6.20 Å². The number of hydrogen-bond acceptors (Lipinski definition) is 3. The third kappa shape index (κ3) is 2.09.